The third kappa shape index (κ3) is 63.0. The number of carbonyl (C=O) groups is 4. The summed E-state index contributed by atoms with van der Waals surface area (Å²) in [6.45, 7) is 9.44. The van der Waals surface area contributed by atoms with E-state index in [9.17, 15) is 43.2 Å². The van der Waals surface area contributed by atoms with Crippen LogP contribution in [0.2, 0.25) is 0 Å². The molecule has 0 bridgehead atoms. The summed E-state index contributed by atoms with van der Waals surface area (Å²) in [5, 5.41) is 10.6. The minimum Gasteiger partial charge on any atom is -0.462 e. The smallest absolute Gasteiger partial charge is 0.462 e. The Morgan fingerprint density at radius 1 is 0.367 bits per heavy atom. The summed E-state index contributed by atoms with van der Waals surface area (Å²) in [6, 6.07) is 0. The van der Waals surface area contributed by atoms with Gasteiger partial charge in [-0.2, -0.15) is 0 Å². The van der Waals surface area contributed by atoms with Crippen LogP contribution in [0.3, 0.4) is 0 Å². The van der Waals surface area contributed by atoms with Gasteiger partial charge in [-0.25, -0.2) is 9.13 Å². The molecule has 0 aliphatic heterocycles. The summed E-state index contributed by atoms with van der Waals surface area (Å²) < 4.78 is 68.2. The quantitative estimate of drug-likeness (QED) is 0.0169. The molecule has 0 aromatic heterocycles. The number of rotatable bonds is 68. The van der Waals surface area contributed by atoms with Crippen molar-refractivity contribution in [3.8, 4) is 0 Å². The van der Waals surface area contributed by atoms with Crippen molar-refractivity contribution in [1.29, 1.82) is 0 Å². The molecular weight excluding hydrogens is 1190 g/mol. The van der Waals surface area contributed by atoms with E-state index < -0.39 is 97.5 Å². The van der Waals surface area contributed by atoms with Gasteiger partial charge in [0.25, 0.3) is 0 Å². The Morgan fingerprint density at radius 2 is 0.656 bits per heavy atom. The molecule has 0 radical (unpaired) electrons. The standard InChI is InChI=1S/C71H134O17P2/c1-7-10-12-14-16-18-20-21-22-23-28-32-36-43-49-55-70(75)87-66(59-81-69(74)54-48-42-35-31-27-25-24-26-29-33-39-45-51-63(4)5)61-85-89(77,78)83-57-65(72)58-84-90(79,80)86-62-67(88-71(76)56-50-44-38-37-40-46-52-64(6)9-3)60-82-68(73)53-47-41-34-30-19-17-15-13-11-8-2/h18,20-22,63-67,72H,7-17,19,23-62H2,1-6H3,(H,77,78)(H,79,80)/b20-18-,22-21-/t64?,65-,66-,67-/m1/s1. The average Bonchev–Trinajstić information content (AvgIpc) is 3.60. The fraction of sp³-hybridized carbons (Fsp3) is 0.887. The van der Waals surface area contributed by atoms with Crippen molar-refractivity contribution in [2.75, 3.05) is 39.6 Å². The highest BCUT2D eigenvalue weighted by molar-refractivity contribution is 7.47. The fourth-order valence-corrected chi connectivity index (χ4v) is 11.8. The normalized spacial score (nSPS) is 14.6. The Kier molecular flexibility index (Phi) is 60.9. The van der Waals surface area contributed by atoms with E-state index in [-0.39, 0.29) is 25.7 Å². The van der Waals surface area contributed by atoms with E-state index in [0.29, 0.717) is 25.7 Å². The monoisotopic (exact) mass is 1320 g/mol. The van der Waals surface area contributed by atoms with E-state index in [2.05, 4.69) is 65.8 Å². The van der Waals surface area contributed by atoms with Crippen LogP contribution in [0.1, 0.15) is 337 Å². The first kappa shape index (κ1) is 87.5. The summed E-state index contributed by atoms with van der Waals surface area (Å²) in [7, 11) is -9.91. The number of esters is 4. The van der Waals surface area contributed by atoms with E-state index >= 15 is 0 Å². The molecule has 0 heterocycles. The zero-order chi connectivity index (χ0) is 66.5. The molecule has 6 atom stereocenters. The number of allylic oxidation sites excluding steroid dienone is 4. The second-order valence-electron chi connectivity index (χ2n) is 25.7. The average molecular weight is 1320 g/mol. The number of unbranched alkanes of at least 4 members (excludes halogenated alkanes) is 34. The molecule has 0 saturated carbocycles. The van der Waals surface area contributed by atoms with Crippen molar-refractivity contribution in [1.82, 2.24) is 0 Å². The highest BCUT2D eigenvalue weighted by Crippen LogP contribution is 2.45. The lowest BCUT2D eigenvalue weighted by molar-refractivity contribution is -0.161. The lowest BCUT2D eigenvalue weighted by Gasteiger charge is -2.21. The molecule has 19 heteroatoms. The molecule has 0 saturated heterocycles. The highest BCUT2D eigenvalue weighted by Gasteiger charge is 2.30. The van der Waals surface area contributed by atoms with Crippen molar-refractivity contribution in [2.45, 2.75) is 355 Å². The zero-order valence-corrected chi connectivity index (χ0v) is 59.7. The van der Waals surface area contributed by atoms with Crippen molar-refractivity contribution in [2.24, 2.45) is 11.8 Å². The first-order valence-electron chi connectivity index (χ1n) is 36.3. The highest BCUT2D eigenvalue weighted by atomic mass is 31.2. The van der Waals surface area contributed by atoms with Crippen LogP contribution < -0.4 is 0 Å². The molecule has 0 aromatic carbocycles. The lowest BCUT2D eigenvalue weighted by atomic mass is 10.00. The van der Waals surface area contributed by atoms with Crippen LogP contribution in [0.4, 0.5) is 0 Å². The predicted octanol–water partition coefficient (Wildman–Crippen LogP) is 19.9. The maximum atomic E-state index is 13.0. The van der Waals surface area contributed by atoms with E-state index in [1.807, 2.05) is 0 Å². The largest absolute Gasteiger partial charge is 0.472 e. The van der Waals surface area contributed by atoms with Crippen LogP contribution in [-0.4, -0.2) is 96.7 Å². The van der Waals surface area contributed by atoms with Gasteiger partial charge in [-0.3, -0.25) is 37.3 Å². The molecule has 3 unspecified atom stereocenters. The molecule has 0 fully saturated rings. The van der Waals surface area contributed by atoms with Crippen LogP contribution in [0.25, 0.3) is 0 Å². The van der Waals surface area contributed by atoms with Crippen molar-refractivity contribution >= 4 is 39.5 Å². The minimum atomic E-state index is -4.96. The molecule has 3 N–H and O–H groups in total. The number of hydrogen-bond acceptors (Lipinski definition) is 15. The van der Waals surface area contributed by atoms with Gasteiger partial charge in [-0.1, -0.05) is 284 Å². The van der Waals surface area contributed by atoms with E-state index in [1.54, 1.807) is 0 Å². The van der Waals surface area contributed by atoms with Gasteiger partial charge in [0.1, 0.15) is 19.3 Å². The zero-order valence-electron chi connectivity index (χ0n) is 57.9. The fourth-order valence-electron chi connectivity index (χ4n) is 10.2. The third-order valence-electron chi connectivity index (χ3n) is 16.2. The summed E-state index contributed by atoms with van der Waals surface area (Å²) in [4.78, 5) is 72.5. The number of aliphatic hydroxyl groups excluding tert-OH is 1. The van der Waals surface area contributed by atoms with Crippen LogP contribution in [-0.2, 0) is 65.4 Å². The number of phosphoric acid groups is 2. The Labute approximate surface area is 548 Å². The summed E-state index contributed by atoms with van der Waals surface area (Å²) >= 11 is 0. The Balaban J connectivity index is 5.28. The van der Waals surface area contributed by atoms with Crippen LogP contribution in [0.15, 0.2) is 24.3 Å². The number of aliphatic hydroxyl groups is 1. The van der Waals surface area contributed by atoms with Crippen molar-refractivity contribution < 1.29 is 80.2 Å². The first-order valence-corrected chi connectivity index (χ1v) is 39.3. The van der Waals surface area contributed by atoms with Gasteiger partial charge >= 0.3 is 39.5 Å². The number of ether oxygens (including phenoxy) is 4. The number of carbonyl (C=O) groups excluding carboxylic acids is 4. The maximum Gasteiger partial charge on any atom is 0.472 e. The molecular formula is C71H134O17P2. The molecule has 90 heavy (non-hydrogen) atoms. The predicted molar refractivity (Wildman–Crippen MR) is 363 cm³/mol. The van der Waals surface area contributed by atoms with Crippen molar-refractivity contribution in [3.05, 3.63) is 24.3 Å². The molecule has 0 rings (SSSR count). The first-order chi connectivity index (χ1) is 43.4. The summed E-state index contributed by atoms with van der Waals surface area (Å²) in [5.41, 5.74) is 0. The Bertz CT molecular complexity index is 1850. The van der Waals surface area contributed by atoms with Gasteiger partial charge in [0.05, 0.1) is 26.4 Å². The van der Waals surface area contributed by atoms with Crippen LogP contribution >= 0.6 is 15.6 Å². The lowest BCUT2D eigenvalue weighted by Crippen LogP contribution is -2.30. The Hall–Kier alpha value is -2.46. The molecule has 0 amide bonds. The van der Waals surface area contributed by atoms with E-state index in [4.69, 9.17) is 37.0 Å². The second kappa shape index (κ2) is 62.6. The topological polar surface area (TPSA) is 237 Å². The minimum absolute atomic E-state index is 0.0848. The molecule has 0 spiro atoms. The van der Waals surface area contributed by atoms with Gasteiger partial charge in [-0.05, 0) is 63.2 Å². The molecule has 0 aromatic rings. The molecule has 530 valence electrons. The van der Waals surface area contributed by atoms with Crippen LogP contribution in [0.5, 0.6) is 0 Å². The molecule has 0 aliphatic carbocycles. The molecule has 17 nitrogen and oxygen atoms in total. The number of hydrogen-bond donors (Lipinski definition) is 3. The summed E-state index contributed by atoms with van der Waals surface area (Å²) in [6.07, 6.45) is 50.8. The van der Waals surface area contributed by atoms with Gasteiger partial charge in [-0.15, -0.1) is 0 Å². The van der Waals surface area contributed by atoms with Gasteiger partial charge in [0.2, 0.25) is 0 Å². The second-order valence-corrected chi connectivity index (χ2v) is 28.6. The maximum absolute atomic E-state index is 13.0. The number of phosphoric ester groups is 2. The molecule has 0 aliphatic rings. The summed E-state index contributed by atoms with van der Waals surface area (Å²) in [5.74, 6) is -0.658. The Morgan fingerprint density at radius 3 is 1.00 bits per heavy atom. The van der Waals surface area contributed by atoms with E-state index in [1.165, 1.54) is 141 Å². The van der Waals surface area contributed by atoms with Gasteiger partial charge < -0.3 is 33.8 Å². The van der Waals surface area contributed by atoms with Crippen LogP contribution in [0, 0.1) is 11.8 Å². The third-order valence-corrected chi connectivity index (χ3v) is 18.1. The van der Waals surface area contributed by atoms with Gasteiger partial charge in [0, 0.05) is 25.7 Å². The van der Waals surface area contributed by atoms with Crippen molar-refractivity contribution in [3.63, 3.8) is 0 Å². The van der Waals surface area contributed by atoms with Gasteiger partial charge in [0.15, 0.2) is 12.2 Å². The SMILES string of the molecule is CCCCCC/C=C\C=C/CCCCCCCC(=O)O[C@H](COC(=O)CCCCCCCCCCCCCCC(C)C)COP(=O)(O)OC[C@@H](O)COP(=O)(O)OC[C@@H](COC(=O)CCCCCCCCCCCC)OC(=O)CCCCCCCCC(C)CC. The van der Waals surface area contributed by atoms with E-state index in [0.717, 1.165) is 115 Å².